The second-order valence-electron chi connectivity index (χ2n) is 7.50. The Morgan fingerprint density at radius 1 is 1.35 bits per heavy atom. The van der Waals surface area contributed by atoms with Gasteiger partial charge < -0.3 is 11.1 Å². The number of carbonyl (C=O) groups excluding carboxylic acids is 1. The molecular formula is C20H26BrN7O3. The second-order valence-corrected chi connectivity index (χ2v) is 8.35. The fourth-order valence-electron chi connectivity index (χ4n) is 2.84. The van der Waals surface area contributed by atoms with Crippen molar-refractivity contribution in [2.45, 2.75) is 45.4 Å². The molecule has 5 N–H and O–H groups in total. The van der Waals surface area contributed by atoms with Crippen LogP contribution in [0.1, 0.15) is 49.8 Å². The number of amides is 1. The van der Waals surface area contributed by atoms with E-state index >= 15 is 0 Å². The van der Waals surface area contributed by atoms with E-state index in [9.17, 15) is 10.0 Å². The molecule has 1 aliphatic rings. The molecule has 0 aliphatic heterocycles. The monoisotopic (exact) mass is 491 g/mol. The van der Waals surface area contributed by atoms with Crippen molar-refractivity contribution < 1.29 is 14.6 Å². The zero-order chi connectivity index (χ0) is 22.2. The zero-order valence-corrected chi connectivity index (χ0v) is 18.9. The number of halogens is 1. The smallest absolute Gasteiger partial charge is 0.247 e. The van der Waals surface area contributed by atoms with E-state index < -0.39 is 0 Å². The summed E-state index contributed by atoms with van der Waals surface area (Å²) in [6.45, 7) is 2.54. The first-order valence-electron chi connectivity index (χ1n) is 10.1. The number of aliphatic imine (C=N–C) groups is 2. The topological polar surface area (TPSA) is 151 Å². The summed E-state index contributed by atoms with van der Waals surface area (Å²) < 4.78 is 5.71. The van der Waals surface area contributed by atoms with E-state index in [4.69, 9.17) is 10.4 Å². The van der Waals surface area contributed by atoms with Gasteiger partial charge in [0.15, 0.2) is 11.5 Å². The second kappa shape index (κ2) is 11.0. The van der Waals surface area contributed by atoms with E-state index in [1.165, 1.54) is 0 Å². The molecule has 10 nitrogen and oxygen atoms in total. The van der Waals surface area contributed by atoms with Gasteiger partial charge in [0.05, 0.1) is 5.69 Å². The summed E-state index contributed by atoms with van der Waals surface area (Å²) in [6, 6.07) is 5.56. The Balaban J connectivity index is 1.50. The van der Waals surface area contributed by atoms with Crippen molar-refractivity contribution in [1.82, 2.24) is 15.8 Å². The van der Waals surface area contributed by atoms with Crippen LogP contribution in [0.2, 0.25) is 0 Å². The molecule has 0 radical (unpaired) electrons. The molecule has 1 amide bonds. The van der Waals surface area contributed by atoms with Gasteiger partial charge in [-0.05, 0) is 66.5 Å². The Morgan fingerprint density at radius 3 is 2.87 bits per heavy atom. The van der Waals surface area contributed by atoms with E-state index in [1.807, 2.05) is 30.6 Å². The average Bonchev–Trinajstić information content (AvgIpc) is 3.42. The number of anilines is 1. The number of aryl methyl sites for hydroxylation is 1. The van der Waals surface area contributed by atoms with Crippen molar-refractivity contribution in [2.75, 3.05) is 11.9 Å². The number of hydrogen-bond donors (Lipinski definition) is 4. The van der Waals surface area contributed by atoms with Crippen molar-refractivity contribution in [3.63, 3.8) is 0 Å². The Kier molecular flexibility index (Phi) is 8.13. The number of nitrogens with zero attached hydrogens (tertiary/aromatic N) is 4. The zero-order valence-electron chi connectivity index (χ0n) is 17.3. The maximum atomic E-state index is 11.7. The Hall–Kier alpha value is -2.79. The molecule has 1 aromatic heterocycles. The van der Waals surface area contributed by atoms with Gasteiger partial charge in [0.1, 0.15) is 5.84 Å². The average molecular weight is 492 g/mol. The van der Waals surface area contributed by atoms with Gasteiger partial charge in [0.2, 0.25) is 11.7 Å². The molecule has 0 unspecified atom stereocenters. The van der Waals surface area contributed by atoms with E-state index in [2.05, 4.69) is 41.5 Å². The van der Waals surface area contributed by atoms with Crippen molar-refractivity contribution in [2.24, 2.45) is 21.6 Å². The van der Waals surface area contributed by atoms with E-state index in [0.717, 1.165) is 35.7 Å². The summed E-state index contributed by atoms with van der Waals surface area (Å²) in [7, 11) is 0. The number of rotatable bonds is 10. The van der Waals surface area contributed by atoms with Gasteiger partial charge in [-0.25, -0.2) is 14.6 Å². The summed E-state index contributed by atoms with van der Waals surface area (Å²) in [5, 5.41) is 20.3. The molecule has 0 saturated heterocycles. The van der Waals surface area contributed by atoms with E-state index in [1.54, 1.807) is 0 Å². The van der Waals surface area contributed by atoms with Crippen LogP contribution in [0, 0.1) is 12.8 Å². The van der Waals surface area contributed by atoms with Crippen LogP contribution < -0.4 is 16.5 Å². The first kappa shape index (κ1) is 22.9. The molecule has 1 aromatic carbocycles. The van der Waals surface area contributed by atoms with Crippen LogP contribution in [0.4, 0.5) is 11.5 Å². The van der Waals surface area contributed by atoms with Gasteiger partial charge in [-0.2, -0.15) is 0 Å². The summed E-state index contributed by atoms with van der Waals surface area (Å²) >= 11 is 3.46. The van der Waals surface area contributed by atoms with Crippen LogP contribution >= 0.6 is 15.9 Å². The summed E-state index contributed by atoms with van der Waals surface area (Å²) in [5.74, 6) is 1.21. The summed E-state index contributed by atoms with van der Waals surface area (Å²) in [5.41, 5.74) is 9.83. The van der Waals surface area contributed by atoms with E-state index in [0.29, 0.717) is 42.6 Å². The summed E-state index contributed by atoms with van der Waals surface area (Å²) in [4.78, 5) is 20.0. The SMILES string of the molecule is Cc1ccc(N=C(NO)c2nonc2NCCCCC(N)=NC(=O)CC2CC2)cc1Br. The van der Waals surface area contributed by atoms with Crippen molar-refractivity contribution in [1.29, 1.82) is 0 Å². The first-order chi connectivity index (χ1) is 15.0. The van der Waals surface area contributed by atoms with Gasteiger partial charge >= 0.3 is 0 Å². The highest BCUT2D eigenvalue weighted by Gasteiger charge is 2.24. The molecule has 2 aromatic rings. The normalized spacial score (nSPS) is 14.5. The Morgan fingerprint density at radius 2 is 2.16 bits per heavy atom. The molecule has 1 saturated carbocycles. The van der Waals surface area contributed by atoms with Crippen molar-refractivity contribution in [3.05, 3.63) is 33.9 Å². The number of aromatic nitrogens is 2. The number of amidine groups is 2. The molecule has 31 heavy (non-hydrogen) atoms. The fraction of sp³-hybridized carbons (Fsp3) is 0.450. The third kappa shape index (κ3) is 7.14. The highest BCUT2D eigenvalue weighted by atomic mass is 79.9. The number of hydroxylamine groups is 1. The fourth-order valence-corrected chi connectivity index (χ4v) is 3.21. The minimum Gasteiger partial charge on any atom is -0.387 e. The highest BCUT2D eigenvalue weighted by molar-refractivity contribution is 9.10. The van der Waals surface area contributed by atoms with Crippen molar-refractivity contribution in [3.8, 4) is 0 Å². The third-order valence-electron chi connectivity index (χ3n) is 4.80. The molecule has 11 heteroatoms. The molecule has 1 aliphatic carbocycles. The standard InChI is InChI=1S/C20H26BrN7O3/c1-12-5-8-14(11-15(12)21)24-20(26-30)18-19(28-31-27-18)23-9-3-2-4-16(22)25-17(29)10-13-6-7-13/h5,8,11,13,30H,2-4,6-7,9-10H2,1H3,(H,23,28)(H,24,26)(H2,22,25,29). The van der Waals surface area contributed by atoms with Gasteiger partial charge in [0.25, 0.3) is 0 Å². The largest absolute Gasteiger partial charge is 0.387 e. The number of unbranched alkanes of at least 4 members (excludes halogenated alkanes) is 1. The first-order valence-corrected chi connectivity index (χ1v) is 10.9. The molecule has 0 atom stereocenters. The molecule has 1 fully saturated rings. The van der Waals surface area contributed by atoms with Crippen LogP contribution in [0.15, 0.2) is 37.3 Å². The number of nitrogens with two attached hydrogens (primary N) is 1. The lowest BCUT2D eigenvalue weighted by atomic mass is 10.2. The predicted molar refractivity (Wildman–Crippen MR) is 121 cm³/mol. The van der Waals surface area contributed by atoms with Crippen LogP contribution in [-0.2, 0) is 4.79 Å². The van der Waals surface area contributed by atoms with Crippen LogP contribution in [0.3, 0.4) is 0 Å². The van der Waals surface area contributed by atoms with E-state index in [-0.39, 0.29) is 17.4 Å². The maximum Gasteiger partial charge on any atom is 0.247 e. The van der Waals surface area contributed by atoms with Crippen LogP contribution in [0.25, 0.3) is 0 Å². The van der Waals surface area contributed by atoms with Gasteiger partial charge in [-0.3, -0.25) is 15.5 Å². The quantitative estimate of drug-likeness (QED) is 0.170. The molecule has 0 bridgehead atoms. The Labute approximate surface area is 188 Å². The minimum absolute atomic E-state index is 0.102. The van der Waals surface area contributed by atoms with Crippen LogP contribution in [0.5, 0.6) is 0 Å². The molecular weight excluding hydrogens is 466 g/mol. The van der Waals surface area contributed by atoms with Gasteiger partial charge in [-0.15, -0.1) is 0 Å². The number of hydrogen-bond acceptors (Lipinski definition) is 7. The number of benzene rings is 1. The lowest BCUT2D eigenvalue weighted by Crippen LogP contribution is -2.22. The lowest BCUT2D eigenvalue weighted by Gasteiger charge is -2.06. The van der Waals surface area contributed by atoms with Gasteiger partial charge in [-0.1, -0.05) is 22.0 Å². The van der Waals surface area contributed by atoms with Gasteiger partial charge in [0, 0.05) is 23.9 Å². The predicted octanol–water partition coefficient (Wildman–Crippen LogP) is 3.46. The lowest BCUT2D eigenvalue weighted by molar-refractivity contribution is -0.118. The maximum absolute atomic E-state index is 11.7. The minimum atomic E-state index is -0.125. The van der Waals surface area contributed by atoms with Crippen LogP contribution in [-0.4, -0.2) is 39.6 Å². The molecule has 0 spiro atoms. The number of nitrogens with one attached hydrogen (secondary N) is 2. The summed E-state index contributed by atoms with van der Waals surface area (Å²) in [6.07, 6.45) is 4.82. The number of carbonyl (C=O) groups is 1. The van der Waals surface area contributed by atoms with Crippen molar-refractivity contribution >= 4 is 45.0 Å². The highest BCUT2D eigenvalue weighted by Crippen LogP contribution is 2.32. The Bertz CT molecular complexity index is 969. The molecule has 166 valence electrons. The third-order valence-corrected chi connectivity index (χ3v) is 5.65. The molecule has 1 heterocycles. The molecule has 3 rings (SSSR count).